The van der Waals surface area contributed by atoms with Crippen LogP contribution in [0.15, 0.2) is 48.5 Å². The molecule has 0 unspecified atom stereocenters. The largest absolute Gasteiger partial charge is 0.454 e. The smallest absolute Gasteiger partial charge is 0.322 e. The minimum absolute atomic E-state index is 0.142. The van der Waals surface area contributed by atoms with Crippen LogP contribution in [-0.4, -0.2) is 48.8 Å². The molecule has 3 heterocycles. The third-order valence-corrected chi connectivity index (χ3v) is 7.50. The van der Waals surface area contributed by atoms with Gasteiger partial charge >= 0.3 is 6.03 Å². The van der Waals surface area contributed by atoms with Crippen molar-refractivity contribution in [2.75, 3.05) is 26.4 Å². The van der Waals surface area contributed by atoms with E-state index in [4.69, 9.17) is 9.47 Å². The number of hydrogen-bond donors (Lipinski definition) is 2. The van der Waals surface area contributed by atoms with Gasteiger partial charge < -0.3 is 19.7 Å². The van der Waals surface area contributed by atoms with E-state index in [1.807, 2.05) is 24.3 Å². The molecule has 2 aromatic rings. The minimum atomic E-state index is -0.808. The zero-order chi connectivity index (χ0) is 23.5. The Morgan fingerprint density at radius 1 is 1.03 bits per heavy atom. The zero-order valence-electron chi connectivity index (χ0n) is 19.7. The number of piperidine rings is 1. The molecule has 3 amide bonds. The van der Waals surface area contributed by atoms with Crippen LogP contribution in [0.1, 0.15) is 37.3 Å². The first-order chi connectivity index (χ1) is 16.5. The maximum absolute atomic E-state index is 12.9. The molecule has 34 heavy (non-hydrogen) atoms. The lowest BCUT2D eigenvalue weighted by Crippen LogP contribution is -2.56. The second-order valence-electron chi connectivity index (χ2n) is 9.94. The highest BCUT2D eigenvalue weighted by Crippen LogP contribution is 2.36. The summed E-state index contributed by atoms with van der Waals surface area (Å²) in [5.41, 5.74) is 1.64. The van der Waals surface area contributed by atoms with Crippen LogP contribution < -0.4 is 20.1 Å². The quantitative estimate of drug-likeness (QED) is 0.586. The van der Waals surface area contributed by atoms with Gasteiger partial charge in [0.05, 0.1) is 0 Å². The summed E-state index contributed by atoms with van der Waals surface area (Å²) < 4.78 is 10.9. The van der Waals surface area contributed by atoms with E-state index < -0.39 is 5.54 Å². The number of carbonyl (C=O) groups is 2. The Labute approximate surface area is 200 Å². The number of nitrogens with zero attached hydrogens (tertiary/aromatic N) is 1. The van der Waals surface area contributed by atoms with Crippen LogP contribution in [0.3, 0.4) is 0 Å². The Bertz CT molecular complexity index is 1040. The summed E-state index contributed by atoms with van der Waals surface area (Å²) in [6.07, 6.45) is 4.18. The molecule has 2 fully saturated rings. The number of fused-ring (bicyclic) bond motifs is 1. The molecule has 2 saturated heterocycles. The predicted molar refractivity (Wildman–Crippen MR) is 129 cm³/mol. The van der Waals surface area contributed by atoms with E-state index in [0.29, 0.717) is 19.1 Å². The summed E-state index contributed by atoms with van der Waals surface area (Å²) in [4.78, 5) is 27.5. The fourth-order valence-corrected chi connectivity index (χ4v) is 5.74. The fraction of sp³-hybridized carbons (Fsp3) is 0.481. The predicted octanol–water partition coefficient (Wildman–Crippen LogP) is 3.52. The molecular formula is C27H33N3O4. The Morgan fingerprint density at radius 3 is 2.53 bits per heavy atom. The fourth-order valence-electron chi connectivity index (χ4n) is 5.74. The molecular weight excluding hydrogens is 430 g/mol. The molecule has 0 radical (unpaired) electrons. The maximum atomic E-state index is 12.9. The van der Waals surface area contributed by atoms with E-state index in [2.05, 4.69) is 46.7 Å². The van der Waals surface area contributed by atoms with Crippen molar-refractivity contribution in [2.24, 2.45) is 11.8 Å². The Kier molecular flexibility index (Phi) is 6.46. The van der Waals surface area contributed by atoms with Gasteiger partial charge in [-0.2, -0.15) is 0 Å². The van der Waals surface area contributed by atoms with Gasteiger partial charge in [-0.1, -0.05) is 43.3 Å². The number of rotatable bonds is 8. The van der Waals surface area contributed by atoms with Gasteiger partial charge in [0.25, 0.3) is 5.91 Å². The van der Waals surface area contributed by atoms with Crippen LogP contribution in [-0.2, 0) is 17.6 Å². The second kappa shape index (κ2) is 9.66. The lowest BCUT2D eigenvalue weighted by molar-refractivity contribution is -0.127. The Balaban J connectivity index is 1.17. The van der Waals surface area contributed by atoms with Crippen LogP contribution >= 0.6 is 0 Å². The van der Waals surface area contributed by atoms with E-state index in [1.165, 1.54) is 11.1 Å². The number of imide groups is 1. The van der Waals surface area contributed by atoms with Gasteiger partial charge in [0, 0.05) is 6.54 Å². The van der Waals surface area contributed by atoms with Gasteiger partial charge in [-0.15, -0.1) is 0 Å². The molecule has 7 heteroatoms. The van der Waals surface area contributed by atoms with Crippen LogP contribution in [0.25, 0.3) is 0 Å². The number of urea groups is 1. The van der Waals surface area contributed by atoms with Gasteiger partial charge in [0.2, 0.25) is 6.79 Å². The second-order valence-corrected chi connectivity index (χ2v) is 9.94. The molecule has 2 atom stereocenters. The molecule has 0 aliphatic carbocycles. The number of carbonyl (C=O) groups excluding carboxylic acids is 2. The average molecular weight is 464 g/mol. The Hall–Kier alpha value is -3.06. The highest BCUT2D eigenvalue weighted by Gasteiger charge is 2.51. The lowest BCUT2D eigenvalue weighted by atomic mass is 9.74. The molecule has 5 rings (SSSR count). The highest BCUT2D eigenvalue weighted by molar-refractivity contribution is 6.07. The Morgan fingerprint density at radius 2 is 1.79 bits per heavy atom. The van der Waals surface area contributed by atoms with Gasteiger partial charge in [0.1, 0.15) is 5.54 Å². The summed E-state index contributed by atoms with van der Waals surface area (Å²) in [7, 11) is 0. The van der Waals surface area contributed by atoms with Crippen molar-refractivity contribution in [1.29, 1.82) is 0 Å². The number of nitrogens with one attached hydrogen (secondary N) is 2. The third kappa shape index (κ3) is 4.75. The number of amides is 3. The summed E-state index contributed by atoms with van der Waals surface area (Å²) >= 11 is 0. The first kappa shape index (κ1) is 22.7. The SMILES string of the molecule is C[C@H](Cc1ccc2c(c1)OCO2)CN1CCC([C@]2(CCc3ccccc3)NC(=O)NC2=O)CC1. The molecule has 2 aromatic carbocycles. The number of aryl methyl sites for hydroxylation is 1. The molecule has 2 N–H and O–H groups in total. The minimum Gasteiger partial charge on any atom is -0.454 e. The first-order valence-corrected chi connectivity index (χ1v) is 12.3. The van der Waals surface area contributed by atoms with Crippen molar-refractivity contribution < 1.29 is 19.1 Å². The monoisotopic (exact) mass is 463 g/mol. The summed E-state index contributed by atoms with van der Waals surface area (Å²) in [6, 6.07) is 16.0. The van der Waals surface area contributed by atoms with Crippen LogP contribution in [0.2, 0.25) is 0 Å². The maximum Gasteiger partial charge on any atom is 0.322 e. The normalized spacial score (nSPS) is 23.6. The molecule has 3 aliphatic heterocycles. The summed E-state index contributed by atoms with van der Waals surface area (Å²) in [6.45, 7) is 5.47. The van der Waals surface area contributed by atoms with E-state index in [0.717, 1.165) is 56.8 Å². The number of ether oxygens (including phenoxy) is 2. The van der Waals surface area contributed by atoms with Gasteiger partial charge in [-0.25, -0.2) is 4.79 Å². The van der Waals surface area contributed by atoms with Crippen molar-refractivity contribution >= 4 is 11.9 Å². The summed E-state index contributed by atoms with van der Waals surface area (Å²) in [5, 5.41) is 5.53. The topological polar surface area (TPSA) is 79.9 Å². The van der Waals surface area contributed by atoms with Crippen molar-refractivity contribution in [2.45, 2.75) is 44.6 Å². The van der Waals surface area contributed by atoms with Crippen molar-refractivity contribution in [1.82, 2.24) is 15.5 Å². The molecule has 0 aromatic heterocycles. The van der Waals surface area contributed by atoms with Crippen LogP contribution in [0.4, 0.5) is 4.79 Å². The number of benzene rings is 2. The lowest BCUT2D eigenvalue weighted by Gasteiger charge is -2.41. The van der Waals surface area contributed by atoms with E-state index >= 15 is 0 Å². The van der Waals surface area contributed by atoms with Crippen molar-refractivity contribution in [3.8, 4) is 11.5 Å². The molecule has 0 spiro atoms. The van der Waals surface area contributed by atoms with E-state index in [9.17, 15) is 9.59 Å². The van der Waals surface area contributed by atoms with Crippen LogP contribution in [0, 0.1) is 11.8 Å². The molecule has 180 valence electrons. The summed E-state index contributed by atoms with van der Waals surface area (Å²) in [5.74, 6) is 2.13. The number of hydrogen-bond acceptors (Lipinski definition) is 5. The molecule has 0 bridgehead atoms. The number of likely N-dealkylation sites (tertiary alicyclic amines) is 1. The van der Waals surface area contributed by atoms with Gasteiger partial charge in [0.15, 0.2) is 11.5 Å². The highest BCUT2D eigenvalue weighted by atomic mass is 16.7. The molecule has 7 nitrogen and oxygen atoms in total. The van der Waals surface area contributed by atoms with Gasteiger partial charge in [-0.3, -0.25) is 10.1 Å². The van der Waals surface area contributed by atoms with Crippen molar-refractivity contribution in [3.63, 3.8) is 0 Å². The third-order valence-electron chi connectivity index (χ3n) is 7.50. The van der Waals surface area contributed by atoms with Crippen LogP contribution in [0.5, 0.6) is 11.5 Å². The molecule has 0 saturated carbocycles. The zero-order valence-corrected chi connectivity index (χ0v) is 19.7. The average Bonchev–Trinajstić information content (AvgIpc) is 3.42. The first-order valence-electron chi connectivity index (χ1n) is 12.3. The standard InChI is InChI=1S/C27H33N3O4/c1-19(15-21-7-8-23-24(16-21)34-18-33-23)17-30-13-10-22(11-14-30)27(25(31)28-26(32)29-27)12-9-20-5-3-2-4-6-20/h2-8,16,19,22H,9-15,17-18H2,1H3,(H2,28,29,31,32)/t19-,27+/m1/s1. The van der Waals surface area contributed by atoms with E-state index in [1.54, 1.807) is 0 Å². The van der Waals surface area contributed by atoms with Gasteiger partial charge in [-0.05, 0) is 80.3 Å². The van der Waals surface area contributed by atoms with Crippen molar-refractivity contribution in [3.05, 3.63) is 59.7 Å². The molecule has 3 aliphatic rings. The van der Waals surface area contributed by atoms with E-state index in [-0.39, 0.29) is 17.9 Å².